The molecule has 3 fully saturated rings. The molecule has 2 aliphatic heterocycles. The predicted octanol–water partition coefficient (Wildman–Crippen LogP) is 4.32. The SMILES string of the molecule is CN1CCCCCOc2cc3c(ncnc3cc2OCC23CC2C3)NC2C(=CC=C3OCCCOC32)C1. The smallest absolute Gasteiger partial charge is 0.163 e. The van der Waals surface area contributed by atoms with Crippen molar-refractivity contribution in [3.05, 3.63) is 41.9 Å². The Hall–Kier alpha value is -2.84. The van der Waals surface area contributed by atoms with Crippen LogP contribution < -0.4 is 14.8 Å². The highest BCUT2D eigenvalue weighted by atomic mass is 16.5. The van der Waals surface area contributed by atoms with Crippen molar-refractivity contribution >= 4 is 16.7 Å². The van der Waals surface area contributed by atoms with Gasteiger partial charge in [-0.05, 0) is 69.3 Å². The molecule has 7 rings (SSSR count). The number of anilines is 1. The van der Waals surface area contributed by atoms with Crippen LogP contribution in [0.25, 0.3) is 10.9 Å². The first-order valence-electron chi connectivity index (χ1n) is 13.8. The van der Waals surface area contributed by atoms with Crippen LogP contribution in [0.4, 0.5) is 5.82 Å². The maximum absolute atomic E-state index is 6.34. The van der Waals surface area contributed by atoms with Crippen LogP contribution in [-0.4, -0.2) is 73.6 Å². The molecule has 1 aromatic heterocycles. The molecule has 2 atom stereocenters. The first-order chi connectivity index (χ1) is 18.2. The number of allylic oxidation sites excluding steroid dienone is 2. The van der Waals surface area contributed by atoms with E-state index in [-0.39, 0.29) is 12.1 Å². The lowest BCUT2D eigenvalue weighted by Crippen LogP contribution is -2.43. The number of hydrogen-bond donors (Lipinski definition) is 1. The molecule has 2 saturated carbocycles. The lowest BCUT2D eigenvalue weighted by atomic mass is 9.93. The van der Waals surface area contributed by atoms with E-state index >= 15 is 0 Å². The highest BCUT2D eigenvalue weighted by molar-refractivity contribution is 5.91. The fourth-order valence-electron chi connectivity index (χ4n) is 5.88. The average molecular weight is 505 g/mol. The molecule has 0 spiro atoms. The minimum absolute atomic E-state index is 0.0927. The van der Waals surface area contributed by atoms with Crippen molar-refractivity contribution in [1.82, 2.24) is 14.9 Å². The van der Waals surface area contributed by atoms with Crippen molar-refractivity contribution in [2.45, 2.75) is 50.7 Å². The number of hydrogen-bond acceptors (Lipinski definition) is 8. The van der Waals surface area contributed by atoms with E-state index in [0.29, 0.717) is 25.2 Å². The lowest BCUT2D eigenvalue weighted by molar-refractivity contribution is 0.0589. The van der Waals surface area contributed by atoms with Gasteiger partial charge in [-0.15, -0.1) is 0 Å². The van der Waals surface area contributed by atoms with Gasteiger partial charge in [-0.25, -0.2) is 9.97 Å². The number of ether oxygens (including phenoxy) is 4. The number of likely N-dealkylation sites (N-methyl/N-ethyl adjacent to an activating group) is 1. The molecule has 2 bridgehead atoms. The molecular formula is C29H36N4O4. The van der Waals surface area contributed by atoms with E-state index in [2.05, 4.69) is 45.5 Å². The van der Waals surface area contributed by atoms with Crippen LogP contribution in [0.1, 0.15) is 38.5 Å². The summed E-state index contributed by atoms with van der Waals surface area (Å²) in [6, 6.07) is 3.99. The summed E-state index contributed by atoms with van der Waals surface area (Å²) >= 11 is 0. The highest BCUT2D eigenvalue weighted by Crippen LogP contribution is 2.75. The molecule has 3 heterocycles. The first kappa shape index (κ1) is 23.3. The third kappa shape index (κ3) is 4.66. The molecule has 8 nitrogen and oxygen atoms in total. The highest BCUT2D eigenvalue weighted by Gasteiger charge is 2.70. The van der Waals surface area contributed by atoms with E-state index in [1.54, 1.807) is 6.33 Å². The second-order valence-corrected chi connectivity index (χ2v) is 11.4. The minimum atomic E-state index is -0.195. The average Bonchev–Trinajstić information content (AvgIpc) is 3.78. The lowest BCUT2D eigenvalue weighted by Gasteiger charge is -2.34. The minimum Gasteiger partial charge on any atom is -0.495 e. The van der Waals surface area contributed by atoms with Gasteiger partial charge >= 0.3 is 0 Å². The van der Waals surface area contributed by atoms with Crippen molar-refractivity contribution < 1.29 is 18.9 Å². The molecule has 5 aliphatic rings. The topological polar surface area (TPSA) is 78.0 Å². The Balaban J connectivity index is 1.25. The molecule has 2 unspecified atom stereocenters. The third-order valence-electron chi connectivity index (χ3n) is 8.55. The van der Waals surface area contributed by atoms with Crippen molar-refractivity contribution in [3.63, 3.8) is 0 Å². The normalized spacial score (nSPS) is 31.4. The Morgan fingerprint density at radius 1 is 1.05 bits per heavy atom. The van der Waals surface area contributed by atoms with Gasteiger partial charge in [-0.2, -0.15) is 0 Å². The summed E-state index contributed by atoms with van der Waals surface area (Å²) in [5, 5.41) is 4.66. The van der Waals surface area contributed by atoms with Crippen LogP contribution >= 0.6 is 0 Å². The molecule has 196 valence electrons. The Morgan fingerprint density at radius 2 is 1.95 bits per heavy atom. The van der Waals surface area contributed by atoms with E-state index in [9.17, 15) is 0 Å². The molecule has 2 aromatic rings. The van der Waals surface area contributed by atoms with E-state index in [4.69, 9.17) is 18.9 Å². The molecule has 3 aliphatic carbocycles. The molecule has 1 aromatic carbocycles. The van der Waals surface area contributed by atoms with E-state index in [0.717, 1.165) is 85.3 Å². The second kappa shape index (κ2) is 9.48. The summed E-state index contributed by atoms with van der Waals surface area (Å²) in [5.74, 6) is 4.11. The zero-order valence-electron chi connectivity index (χ0n) is 21.6. The molecule has 1 saturated heterocycles. The zero-order chi connectivity index (χ0) is 24.8. The van der Waals surface area contributed by atoms with Gasteiger partial charge in [0.1, 0.15) is 24.0 Å². The maximum atomic E-state index is 6.34. The van der Waals surface area contributed by atoms with E-state index in [1.165, 1.54) is 18.4 Å². The summed E-state index contributed by atoms with van der Waals surface area (Å²) in [4.78, 5) is 11.7. The number of fused-ring (bicyclic) bond motifs is 5. The summed E-state index contributed by atoms with van der Waals surface area (Å²) < 4.78 is 25.1. The van der Waals surface area contributed by atoms with E-state index in [1.807, 2.05) is 6.07 Å². The van der Waals surface area contributed by atoms with Gasteiger partial charge < -0.3 is 29.2 Å². The van der Waals surface area contributed by atoms with Gasteiger partial charge in [-0.1, -0.05) is 6.08 Å². The quantitative estimate of drug-likeness (QED) is 0.662. The predicted molar refractivity (Wildman–Crippen MR) is 141 cm³/mol. The molecular weight excluding hydrogens is 468 g/mol. The summed E-state index contributed by atoms with van der Waals surface area (Å²) in [6.45, 7) is 4.68. The maximum Gasteiger partial charge on any atom is 0.163 e. The van der Waals surface area contributed by atoms with Crippen LogP contribution in [-0.2, 0) is 9.47 Å². The Kier molecular flexibility index (Phi) is 5.96. The molecule has 37 heavy (non-hydrogen) atoms. The van der Waals surface area contributed by atoms with Crippen molar-refractivity contribution in [2.24, 2.45) is 11.3 Å². The number of nitrogens with zero attached hydrogens (tertiary/aromatic N) is 3. The van der Waals surface area contributed by atoms with Crippen LogP contribution in [0.5, 0.6) is 11.5 Å². The van der Waals surface area contributed by atoms with E-state index < -0.39 is 0 Å². The number of benzene rings is 1. The van der Waals surface area contributed by atoms with Gasteiger partial charge in [0.15, 0.2) is 11.5 Å². The monoisotopic (exact) mass is 504 g/mol. The molecule has 0 amide bonds. The molecule has 1 N–H and O–H groups in total. The van der Waals surface area contributed by atoms with Crippen LogP contribution in [0, 0.1) is 11.3 Å². The summed E-state index contributed by atoms with van der Waals surface area (Å²) in [7, 11) is 2.19. The Labute approximate surface area is 218 Å². The third-order valence-corrected chi connectivity index (χ3v) is 8.55. The van der Waals surface area contributed by atoms with Gasteiger partial charge in [0.25, 0.3) is 0 Å². The van der Waals surface area contributed by atoms with Crippen LogP contribution in [0.3, 0.4) is 0 Å². The number of rotatable bonds is 3. The molecule has 8 heteroatoms. The van der Waals surface area contributed by atoms with Gasteiger partial charge in [0, 0.05) is 29.8 Å². The fourth-order valence-corrected chi connectivity index (χ4v) is 5.88. The zero-order valence-corrected chi connectivity index (χ0v) is 21.6. The van der Waals surface area contributed by atoms with Gasteiger partial charge in [0.05, 0.1) is 38.0 Å². The van der Waals surface area contributed by atoms with Gasteiger partial charge in [0.2, 0.25) is 0 Å². The first-order valence-corrected chi connectivity index (χ1v) is 13.8. The second-order valence-electron chi connectivity index (χ2n) is 11.4. The molecule has 0 radical (unpaired) electrons. The van der Waals surface area contributed by atoms with Crippen molar-refractivity contribution in [1.29, 1.82) is 0 Å². The Morgan fingerprint density at radius 3 is 2.84 bits per heavy atom. The van der Waals surface area contributed by atoms with Gasteiger partial charge in [-0.3, -0.25) is 0 Å². The van der Waals surface area contributed by atoms with Crippen LogP contribution in [0.15, 0.2) is 41.9 Å². The number of aromatic nitrogens is 2. The van der Waals surface area contributed by atoms with Crippen molar-refractivity contribution in [2.75, 3.05) is 51.9 Å². The van der Waals surface area contributed by atoms with Crippen molar-refractivity contribution in [3.8, 4) is 11.5 Å². The Bertz CT molecular complexity index is 1240. The fraction of sp³-hybridized carbons (Fsp3) is 0.586. The summed E-state index contributed by atoms with van der Waals surface area (Å²) in [5.41, 5.74) is 2.56. The standard InChI is InChI=1S/C29H36N4O4/c1-33-8-3-2-4-9-35-24-12-21-22(13-25(24)37-17-29-14-20(29)15-29)30-18-31-28(21)32-26-19(16-33)6-7-23-27(26)36-11-5-10-34-23/h6-7,12-13,18,20,26-27H,2-5,8-11,14-17H2,1H3,(H,30,31,32). The number of nitrogens with one attached hydrogen (secondary N) is 1. The largest absolute Gasteiger partial charge is 0.495 e. The summed E-state index contributed by atoms with van der Waals surface area (Å²) in [6.07, 6.45) is 12.5. The van der Waals surface area contributed by atoms with Crippen LogP contribution in [0.2, 0.25) is 0 Å².